The van der Waals surface area contributed by atoms with Crippen LogP contribution < -0.4 is 11.1 Å². The standard InChI is InChI=1S/C19H18N4O2S/c1-12-17(23-16-5-3-2-4-15(16)21-12)10-26-11-18(24)22-14-8-6-13(7-9-14)19(20)25/h2-9H,10-11H2,1H3,(H2,20,25)(H,22,24). The van der Waals surface area contributed by atoms with Gasteiger partial charge in [-0.25, -0.2) is 9.97 Å². The Morgan fingerprint density at radius 2 is 1.69 bits per heavy atom. The third-order valence-corrected chi connectivity index (χ3v) is 4.71. The van der Waals surface area contributed by atoms with E-state index in [1.54, 1.807) is 24.3 Å². The van der Waals surface area contributed by atoms with Crippen LogP contribution in [0.25, 0.3) is 11.0 Å². The topological polar surface area (TPSA) is 98.0 Å². The van der Waals surface area contributed by atoms with Crippen LogP contribution in [0, 0.1) is 6.92 Å². The highest BCUT2D eigenvalue weighted by atomic mass is 32.2. The maximum absolute atomic E-state index is 12.1. The van der Waals surface area contributed by atoms with Gasteiger partial charge >= 0.3 is 0 Å². The summed E-state index contributed by atoms with van der Waals surface area (Å²) in [6.45, 7) is 1.93. The lowest BCUT2D eigenvalue weighted by Gasteiger charge is -2.08. The Kier molecular flexibility index (Phi) is 5.48. The first-order chi connectivity index (χ1) is 12.5. The average Bonchev–Trinajstić information content (AvgIpc) is 2.62. The molecular weight excluding hydrogens is 348 g/mol. The van der Waals surface area contributed by atoms with Crippen LogP contribution in [-0.2, 0) is 10.5 Å². The Labute approximate surface area is 155 Å². The summed E-state index contributed by atoms with van der Waals surface area (Å²) >= 11 is 1.48. The van der Waals surface area contributed by atoms with Gasteiger partial charge in [0.15, 0.2) is 0 Å². The minimum Gasteiger partial charge on any atom is -0.366 e. The van der Waals surface area contributed by atoms with Crippen molar-refractivity contribution in [2.24, 2.45) is 5.73 Å². The van der Waals surface area contributed by atoms with E-state index < -0.39 is 5.91 Å². The smallest absolute Gasteiger partial charge is 0.248 e. The summed E-state index contributed by atoms with van der Waals surface area (Å²) in [5, 5.41) is 2.79. The molecule has 0 aliphatic heterocycles. The third kappa shape index (κ3) is 4.37. The number of hydrogen-bond acceptors (Lipinski definition) is 5. The first-order valence-electron chi connectivity index (χ1n) is 8.02. The fourth-order valence-electron chi connectivity index (χ4n) is 2.42. The van der Waals surface area contributed by atoms with Crippen LogP contribution in [0.4, 0.5) is 5.69 Å². The lowest BCUT2D eigenvalue weighted by Crippen LogP contribution is -2.15. The lowest BCUT2D eigenvalue weighted by atomic mass is 10.2. The molecule has 7 heteroatoms. The molecule has 3 N–H and O–H groups in total. The summed E-state index contributed by atoms with van der Waals surface area (Å²) < 4.78 is 0. The molecule has 2 aromatic carbocycles. The van der Waals surface area contributed by atoms with E-state index in [9.17, 15) is 9.59 Å². The minimum absolute atomic E-state index is 0.117. The number of para-hydroxylation sites is 2. The highest BCUT2D eigenvalue weighted by Crippen LogP contribution is 2.17. The zero-order valence-electron chi connectivity index (χ0n) is 14.2. The molecule has 3 rings (SSSR count). The second-order valence-electron chi connectivity index (χ2n) is 5.73. The number of fused-ring (bicyclic) bond motifs is 1. The third-order valence-electron chi connectivity index (χ3n) is 3.77. The van der Waals surface area contributed by atoms with Gasteiger partial charge in [-0.3, -0.25) is 9.59 Å². The van der Waals surface area contributed by atoms with Gasteiger partial charge in [0.05, 0.1) is 28.2 Å². The summed E-state index contributed by atoms with van der Waals surface area (Å²) in [5.41, 5.74) is 9.71. The molecule has 0 fully saturated rings. The van der Waals surface area contributed by atoms with E-state index in [1.807, 2.05) is 31.2 Å². The number of aromatic nitrogens is 2. The first-order valence-corrected chi connectivity index (χ1v) is 9.18. The molecule has 0 aliphatic rings. The largest absolute Gasteiger partial charge is 0.366 e. The number of carbonyl (C=O) groups excluding carboxylic acids is 2. The molecule has 6 nitrogen and oxygen atoms in total. The van der Waals surface area contributed by atoms with Crippen LogP contribution in [0.1, 0.15) is 21.7 Å². The van der Waals surface area contributed by atoms with E-state index in [0.717, 1.165) is 22.4 Å². The summed E-state index contributed by atoms with van der Waals surface area (Å²) in [7, 11) is 0. The van der Waals surface area contributed by atoms with Crippen molar-refractivity contribution >= 4 is 40.3 Å². The highest BCUT2D eigenvalue weighted by molar-refractivity contribution is 7.99. The van der Waals surface area contributed by atoms with Crippen LogP contribution in [-0.4, -0.2) is 27.5 Å². The number of rotatable bonds is 6. The normalized spacial score (nSPS) is 10.7. The second kappa shape index (κ2) is 7.97. The molecule has 0 atom stereocenters. The van der Waals surface area contributed by atoms with Gasteiger partial charge in [-0.05, 0) is 43.3 Å². The number of amides is 2. The van der Waals surface area contributed by atoms with Crippen molar-refractivity contribution in [2.45, 2.75) is 12.7 Å². The molecule has 3 aromatic rings. The SMILES string of the molecule is Cc1nc2ccccc2nc1CSCC(=O)Nc1ccc(C(N)=O)cc1. The molecule has 0 bridgehead atoms. The van der Waals surface area contributed by atoms with Gasteiger partial charge in [-0.2, -0.15) is 0 Å². The maximum atomic E-state index is 12.1. The van der Waals surface area contributed by atoms with Gasteiger partial charge < -0.3 is 11.1 Å². The predicted molar refractivity (Wildman–Crippen MR) is 104 cm³/mol. The van der Waals surface area contributed by atoms with Gasteiger partial charge in [0.1, 0.15) is 0 Å². The summed E-state index contributed by atoms with van der Waals surface area (Å²) in [4.78, 5) is 32.3. The number of nitrogens with two attached hydrogens (primary N) is 1. The maximum Gasteiger partial charge on any atom is 0.248 e. The van der Waals surface area contributed by atoms with Crippen molar-refractivity contribution in [3.05, 3.63) is 65.5 Å². The number of primary amides is 1. The van der Waals surface area contributed by atoms with E-state index >= 15 is 0 Å². The van der Waals surface area contributed by atoms with Crippen LogP contribution in [0.5, 0.6) is 0 Å². The number of nitrogens with zero attached hydrogens (tertiary/aromatic N) is 2. The molecule has 1 heterocycles. The molecule has 0 saturated heterocycles. The zero-order chi connectivity index (χ0) is 18.5. The van der Waals surface area contributed by atoms with Gasteiger partial charge in [0, 0.05) is 17.0 Å². The van der Waals surface area contributed by atoms with Gasteiger partial charge in [0.25, 0.3) is 0 Å². The predicted octanol–water partition coefficient (Wildman–Crippen LogP) is 2.91. The minimum atomic E-state index is -0.495. The Morgan fingerprint density at radius 3 is 2.35 bits per heavy atom. The highest BCUT2D eigenvalue weighted by Gasteiger charge is 2.08. The van der Waals surface area contributed by atoms with E-state index in [-0.39, 0.29) is 5.91 Å². The van der Waals surface area contributed by atoms with Crippen LogP contribution in [0.2, 0.25) is 0 Å². The number of benzene rings is 2. The zero-order valence-corrected chi connectivity index (χ0v) is 15.0. The fraction of sp³-hybridized carbons (Fsp3) is 0.158. The summed E-state index contributed by atoms with van der Waals surface area (Å²) in [6.07, 6.45) is 0. The Bertz CT molecular complexity index is 957. The Morgan fingerprint density at radius 1 is 1.04 bits per heavy atom. The summed E-state index contributed by atoms with van der Waals surface area (Å²) in [6, 6.07) is 14.2. The first kappa shape index (κ1) is 17.9. The number of hydrogen-bond donors (Lipinski definition) is 2. The molecule has 0 spiro atoms. The van der Waals surface area contributed by atoms with Crippen LogP contribution >= 0.6 is 11.8 Å². The van der Waals surface area contributed by atoms with Gasteiger partial charge in [-0.15, -0.1) is 11.8 Å². The van der Waals surface area contributed by atoms with E-state index in [2.05, 4.69) is 15.3 Å². The Balaban J connectivity index is 1.55. The molecular formula is C19H18N4O2S. The summed E-state index contributed by atoms with van der Waals surface area (Å²) in [5.74, 6) is 0.293. The molecule has 132 valence electrons. The molecule has 26 heavy (non-hydrogen) atoms. The molecule has 0 unspecified atom stereocenters. The van der Waals surface area contributed by atoms with Crippen molar-refractivity contribution < 1.29 is 9.59 Å². The number of aryl methyl sites for hydroxylation is 1. The molecule has 0 saturated carbocycles. The van der Waals surface area contributed by atoms with Crippen LogP contribution in [0.15, 0.2) is 48.5 Å². The van der Waals surface area contributed by atoms with Gasteiger partial charge in [-0.1, -0.05) is 12.1 Å². The van der Waals surface area contributed by atoms with Crippen molar-refractivity contribution in [2.75, 3.05) is 11.1 Å². The number of carbonyl (C=O) groups is 2. The van der Waals surface area contributed by atoms with Gasteiger partial charge in [0.2, 0.25) is 11.8 Å². The fourth-order valence-corrected chi connectivity index (χ4v) is 3.24. The van der Waals surface area contributed by atoms with Crippen molar-refractivity contribution in [3.63, 3.8) is 0 Å². The molecule has 2 amide bonds. The van der Waals surface area contributed by atoms with E-state index in [0.29, 0.717) is 22.8 Å². The van der Waals surface area contributed by atoms with E-state index in [4.69, 9.17) is 5.73 Å². The number of thioether (sulfide) groups is 1. The molecule has 1 aromatic heterocycles. The van der Waals surface area contributed by atoms with Crippen LogP contribution in [0.3, 0.4) is 0 Å². The number of nitrogens with one attached hydrogen (secondary N) is 1. The average molecular weight is 366 g/mol. The Hall–Kier alpha value is -2.93. The molecule has 0 aliphatic carbocycles. The molecule has 0 radical (unpaired) electrons. The number of anilines is 1. The van der Waals surface area contributed by atoms with Crippen molar-refractivity contribution in [3.8, 4) is 0 Å². The quantitative estimate of drug-likeness (QED) is 0.699. The van der Waals surface area contributed by atoms with Crippen molar-refractivity contribution in [1.29, 1.82) is 0 Å². The van der Waals surface area contributed by atoms with Crippen molar-refractivity contribution in [1.82, 2.24) is 9.97 Å². The second-order valence-corrected chi connectivity index (χ2v) is 6.71. The monoisotopic (exact) mass is 366 g/mol. The van der Waals surface area contributed by atoms with E-state index in [1.165, 1.54) is 11.8 Å². The lowest BCUT2D eigenvalue weighted by molar-refractivity contribution is -0.113.